The third kappa shape index (κ3) is 3.64. The Kier molecular flexibility index (Phi) is 4.75. The van der Waals surface area contributed by atoms with Crippen molar-refractivity contribution in [1.82, 2.24) is 0 Å². The van der Waals surface area contributed by atoms with Crippen molar-refractivity contribution in [3.05, 3.63) is 28.3 Å². The highest BCUT2D eigenvalue weighted by Gasteiger charge is 2.21. The zero-order valence-corrected chi connectivity index (χ0v) is 12.8. The van der Waals surface area contributed by atoms with Gasteiger partial charge >= 0.3 is 0 Å². The van der Waals surface area contributed by atoms with Crippen molar-refractivity contribution >= 4 is 11.6 Å². The Morgan fingerprint density at radius 2 is 1.84 bits per heavy atom. The Bertz CT molecular complexity index is 437. The van der Waals surface area contributed by atoms with Gasteiger partial charge in [-0.1, -0.05) is 25.4 Å². The van der Waals surface area contributed by atoms with Crippen LogP contribution >= 0.6 is 11.6 Å². The second kappa shape index (κ2) is 6.15. The molecule has 0 aromatic heterocycles. The second-order valence-electron chi connectivity index (χ2n) is 5.95. The lowest BCUT2D eigenvalue weighted by molar-refractivity contribution is 0.146. The van der Waals surface area contributed by atoms with Gasteiger partial charge in [-0.3, -0.25) is 0 Å². The first-order valence-corrected chi connectivity index (χ1v) is 7.57. The summed E-state index contributed by atoms with van der Waals surface area (Å²) >= 11 is 6.29. The molecule has 0 heterocycles. The number of aryl methyl sites for hydroxylation is 1. The largest absolute Gasteiger partial charge is 0.490 e. The fraction of sp³-hybridized carbons (Fsp3) is 0.625. The molecule has 0 atom stereocenters. The van der Waals surface area contributed by atoms with Crippen LogP contribution in [-0.4, -0.2) is 12.1 Å². The number of hydrogen-bond donors (Lipinski definition) is 1. The van der Waals surface area contributed by atoms with Crippen LogP contribution in [0.3, 0.4) is 0 Å². The van der Waals surface area contributed by atoms with E-state index < -0.39 is 0 Å². The fourth-order valence-corrected chi connectivity index (χ4v) is 3.06. The molecule has 0 radical (unpaired) electrons. The van der Waals surface area contributed by atoms with Gasteiger partial charge in [0.1, 0.15) is 5.75 Å². The Morgan fingerprint density at radius 3 is 2.42 bits per heavy atom. The number of rotatable bonds is 3. The van der Waals surface area contributed by atoms with Crippen LogP contribution in [0.2, 0.25) is 5.02 Å². The smallest absolute Gasteiger partial charge is 0.123 e. The maximum absolute atomic E-state index is 6.29. The summed E-state index contributed by atoms with van der Waals surface area (Å²) < 4.78 is 6.17. The van der Waals surface area contributed by atoms with E-state index >= 15 is 0 Å². The summed E-state index contributed by atoms with van der Waals surface area (Å²) in [5.74, 6) is 1.39. The van der Waals surface area contributed by atoms with Crippen LogP contribution in [0.4, 0.5) is 0 Å². The molecule has 1 aromatic rings. The standard InChI is InChI=1S/C16H24ClNO/c1-10(2)14-9-16(11(3)8-15(14)17)19-13-6-4-12(18)5-7-13/h8-10,12-13H,4-7,18H2,1-3H3. The molecule has 2 N–H and O–H groups in total. The topological polar surface area (TPSA) is 35.2 Å². The number of ether oxygens (including phenoxy) is 1. The number of hydrogen-bond acceptors (Lipinski definition) is 2. The molecular weight excluding hydrogens is 258 g/mol. The van der Waals surface area contributed by atoms with Crippen LogP contribution in [0.1, 0.15) is 56.6 Å². The van der Waals surface area contributed by atoms with E-state index in [9.17, 15) is 0 Å². The Labute approximate surface area is 121 Å². The number of benzene rings is 1. The van der Waals surface area contributed by atoms with Gasteiger partial charge in [0.25, 0.3) is 0 Å². The van der Waals surface area contributed by atoms with E-state index in [4.69, 9.17) is 22.1 Å². The molecule has 1 aromatic carbocycles. The number of nitrogens with two attached hydrogens (primary N) is 1. The van der Waals surface area contributed by atoms with Crippen molar-refractivity contribution in [3.8, 4) is 5.75 Å². The third-order valence-corrected chi connectivity index (χ3v) is 4.26. The monoisotopic (exact) mass is 281 g/mol. The summed E-state index contributed by atoms with van der Waals surface area (Å²) in [4.78, 5) is 0. The van der Waals surface area contributed by atoms with E-state index in [1.165, 1.54) is 0 Å². The SMILES string of the molecule is Cc1cc(Cl)c(C(C)C)cc1OC1CCC(N)CC1. The van der Waals surface area contributed by atoms with E-state index in [0.29, 0.717) is 18.1 Å². The highest BCUT2D eigenvalue weighted by atomic mass is 35.5. The summed E-state index contributed by atoms with van der Waals surface area (Å²) in [6.45, 7) is 6.36. The molecule has 0 aliphatic heterocycles. The lowest BCUT2D eigenvalue weighted by Crippen LogP contribution is -2.31. The molecule has 1 saturated carbocycles. The zero-order chi connectivity index (χ0) is 14.0. The summed E-state index contributed by atoms with van der Waals surface area (Å²) in [5.41, 5.74) is 8.21. The Balaban J connectivity index is 2.13. The van der Waals surface area contributed by atoms with Gasteiger partial charge in [-0.15, -0.1) is 0 Å². The van der Waals surface area contributed by atoms with E-state index in [1.54, 1.807) is 0 Å². The molecule has 1 fully saturated rings. The van der Waals surface area contributed by atoms with Gasteiger partial charge in [-0.2, -0.15) is 0 Å². The van der Waals surface area contributed by atoms with Crippen LogP contribution in [-0.2, 0) is 0 Å². The van der Waals surface area contributed by atoms with Crippen LogP contribution < -0.4 is 10.5 Å². The van der Waals surface area contributed by atoms with Gasteiger partial charge in [-0.25, -0.2) is 0 Å². The molecule has 3 heteroatoms. The molecule has 19 heavy (non-hydrogen) atoms. The predicted octanol–water partition coefficient (Wildman–Crippen LogP) is 4.42. The minimum Gasteiger partial charge on any atom is -0.490 e. The van der Waals surface area contributed by atoms with Gasteiger partial charge in [0.05, 0.1) is 6.10 Å². The average Bonchev–Trinajstić information content (AvgIpc) is 2.34. The van der Waals surface area contributed by atoms with Crippen LogP contribution in [0, 0.1) is 6.92 Å². The van der Waals surface area contributed by atoms with Gasteiger partial charge in [-0.05, 0) is 61.8 Å². The molecule has 0 amide bonds. The quantitative estimate of drug-likeness (QED) is 0.890. The van der Waals surface area contributed by atoms with Crippen molar-refractivity contribution in [2.75, 3.05) is 0 Å². The van der Waals surface area contributed by atoms with Gasteiger partial charge in [0.15, 0.2) is 0 Å². The van der Waals surface area contributed by atoms with Gasteiger partial charge < -0.3 is 10.5 Å². The van der Waals surface area contributed by atoms with E-state index in [2.05, 4.69) is 26.8 Å². The maximum Gasteiger partial charge on any atom is 0.123 e. The second-order valence-corrected chi connectivity index (χ2v) is 6.36. The average molecular weight is 282 g/mol. The van der Waals surface area contributed by atoms with Crippen molar-refractivity contribution in [2.24, 2.45) is 5.73 Å². The van der Waals surface area contributed by atoms with Crippen LogP contribution in [0.25, 0.3) is 0 Å². The first-order chi connectivity index (χ1) is 8.97. The van der Waals surface area contributed by atoms with Crippen molar-refractivity contribution in [2.45, 2.75) is 64.5 Å². The van der Waals surface area contributed by atoms with E-state index in [-0.39, 0.29) is 0 Å². The highest BCUT2D eigenvalue weighted by Crippen LogP contribution is 2.33. The highest BCUT2D eigenvalue weighted by molar-refractivity contribution is 6.31. The van der Waals surface area contributed by atoms with Crippen molar-refractivity contribution in [3.63, 3.8) is 0 Å². The summed E-state index contributed by atoms with van der Waals surface area (Å²) in [5, 5.41) is 0.838. The fourth-order valence-electron chi connectivity index (χ4n) is 2.62. The molecule has 2 rings (SSSR count). The van der Waals surface area contributed by atoms with E-state index in [0.717, 1.165) is 47.6 Å². The third-order valence-electron chi connectivity index (χ3n) is 3.93. The normalized spacial score (nSPS) is 23.7. The van der Waals surface area contributed by atoms with Crippen LogP contribution in [0.5, 0.6) is 5.75 Å². The summed E-state index contributed by atoms with van der Waals surface area (Å²) in [6.07, 6.45) is 4.54. The molecule has 0 saturated heterocycles. The predicted molar refractivity (Wildman–Crippen MR) is 81.1 cm³/mol. The minimum absolute atomic E-state index is 0.305. The van der Waals surface area contributed by atoms with E-state index in [1.807, 2.05) is 6.07 Å². The molecule has 0 spiro atoms. The lowest BCUT2D eigenvalue weighted by Gasteiger charge is -2.28. The van der Waals surface area contributed by atoms with Crippen molar-refractivity contribution < 1.29 is 4.74 Å². The first kappa shape index (κ1) is 14.7. The van der Waals surface area contributed by atoms with Crippen LogP contribution in [0.15, 0.2) is 12.1 Å². The maximum atomic E-state index is 6.29. The Hall–Kier alpha value is -0.730. The Morgan fingerprint density at radius 1 is 1.21 bits per heavy atom. The molecule has 106 valence electrons. The lowest BCUT2D eigenvalue weighted by atomic mass is 9.93. The van der Waals surface area contributed by atoms with Gasteiger partial charge in [0, 0.05) is 11.1 Å². The first-order valence-electron chi connectivity index (χ1n) is 7.19. The molecular formula is C16H24ClNO. The summed E-state index contributed by atoms with van der Waals surface area (Å²) in [7, 11) is 0. The zero-order valence-electron chi connectivity index (χ0n) is 12.1. The minimum atomic E-state index is 0.305. The number of halogens is 1. The molecule has 2 nitrogen and oxygen atoms in total. The van der Waals surface area contributed by atoms with Crippen molar-refractivity contribution in [1.29, 1.82) is 0 Å². The summed E-state index contributed by atoms with van der Waals surface area (Å²) in [6, 6.07) is 4.48. The van der Waals surface area contributed by atoms with Gasteiger partial charge in [0.2, 0.25) is 0 Å². The molecule has 1 aliphatic rings. The molecule has 1 aliphatic carbocycles. The molecule has 0 unspecified atom stereocenters. The molecule has 0 bridgehead atoms.